The summed E-state index contributed by atoms with van der Waals surface area (Å²) in [6.07, 6.45) is 5.38. The first-order valence-electron chi connectivity index (χ1n) is 14.5. The van der Waals surface area contributed by atoms with E-state index >= 15 is 0 Å². The number of carbonyl (C=O) groups is 2. The molecule has 44 heavy (non-hydrogen) atoms. The van der Waals surface area contributed by atoms with Crippen LogP contribution in [0.3, 0.4) is 0 Å². The third-order valence-corrected chi connectivity index (χ3v) is 7.55. The fraction of sp³-hybridized carbons (Fsp3) is 0.273. The Morgan fingerprint density at radius 2 is 1.75 bits per heavy atom. The summed E-state index contributed by atoms with van der Waals surface area (Å²) >= 11 is 0. The first kappa shape index (κ1) is 30.7. The van der Waals surface area contributed by atoms with E-state index in [1.54, 1.807) is 42.5 Å². The molecular weight excluding hydrogens is 566 g/mol. The number of rotatable bonds is 12. The van der Waals surface area contributed by atoms with Crippen LogP contribution < -0.4 is 15.4 Å². The monoisotopic (exact) mass is 600 g/mol. The van der Waals surface area contributed by atoms with Gasteiger partial charge in [0.05, 0.1) is 17.7 Å². The number of hydrogen-bond acceptors (Lipinski definition) is 8. The zero-order valence-electron chi connectivity index (χ0n) is 24.4. The highest BCUT2D eigenvalue weighted by atomic mass is 19.1. The van der Waals surface area contributed by atoms with Gasteiger partial charge in [0.25, 0.3) is 0 Å². The van der Waals surface area contributed by atoms with Gasteiger partial charge in [-0.25, -0.2) is 18.7 Å². The van der Waals surface area contributed by atoms with E-state index in [2.05, 4.69) is 37.3 Å². The lowest BCUT2D eigenvalue weighted by Gasteiger charge is -2.33. The normalized spacial score (nSPS) is 14.2. The number of imide groups is 1. The Bertz CT molecular complexity index is 1640. The highest BCUT2D eigenvalue weighted by Crippen LogP contribution is 2.33. The third-order valence-electron chi connectivity index (χ3n) is 7.55. The summed E-state index contributed by atoms with van der Waals surface area (Å²) in [6.45, 7) is 8.85. The van der Waals surface area contributed by atoms with Crippen molar-refractivity contribution in [3.05, 3.63) is 84.2 Å². The van der Waals surface area contributed by atoms with Crippen molar-refractivity contribution in [3.63, 3.8) is 0 Å². The molecule has 0 spiro atoms. The molecule has 4 aromatic rings. The largest absolute Gasteiger partial charge is 0.493 e. The van der Waals surface area contributed by atoms with Gasteiger partial charge in [-0.3, -0.25) is 14.9 Å². The van der Waals surface area contributed by atoms with E-state index in [-0.39, 0.29) is 5.56 Å². The number of carbonyl (C=O) groups excluding carboxylic acids is 2. The predicted molar refractivity (Wildman–Crippen MR) is 167 cm³/mol. The van der Waals surface area contributed by atoms with Crippen molar-refractivity contribution in [2.45, 2.75) is 13.3 Å². The molecule has 0 saturated carbocycles. The summed E-state index contributed by atoms with van der Waals surface area (Å²) in [5, 5.41) is 5.95. The smallest absolute Gasteiger partial charge is 0.250 e. The zero-order valence-corrected chi connectivity index (χ0v) is 24.4. The molecule has 5 rings (SSSR count). The predicted octanol–water partition coefficient (Wildman–Crippen LogP) is 5.01. The van der Waals surface area contributed by atoms with Crippen molar-refractivity contribution < 1.29 is 23.1 Å². The van der Waals surface area contributed by atoms with Gasteiger partial charge < -0.3 is 19.9 Å². The number of likely N-dealkylation sites (N-methyl/N-ethyl adjacent to an activating group) is 1. The Morgan fingerprint density at radius 1 is 1.00 bits per heavy atom. The van der Waals surface area contributed by atoms with Crippen LogP contribution in [-0.2, 0) is 9.59 Å². The molecule has 0 radical (unpaired) electrons. The minimum absolute atomic E-state index is 0.116. The minimum Gasteiger partial charge on any atom is -0.493 e. The maximum Gasteiger partial charge on any atom is 0.250 e. The van der Waals surface area contributed by atoms with Crippen molar-refractivity contribution >= 4 is 40.8 Å². The zero-order chi connectivity index (χ0) is 30.9. The van der Waals surface area contributed by atoms with Gasteiger partial charge in [0.2, 0.25) is 12.3 Å². The number of aromatic nitrogens is 2. The maximum absolute atomic E-state index is 14.4. The quantitative estimate of drug-likeness (QED) is 0.133. The molecular formula is C33H34F2N6O3. The van der Waals surface area contributed by atoms with Gasteiger partial charge in [0.1, 0.15) is 29.5 Å². The summed E-state index contributed by atoms with van der Waals surface area (Å²) < 4.78 is 35.1. The van der Waals surface area contributed by atoms with Gasteiger partial charge in [-0.15, -0.1) is 0 Å². The van der Waals surface area contributed by atoms with Gasteiger partial charge in [-0.2, -0.15) is 0 Å². The number of ether oxygens (including phenoxy) is 1. The fourth-order valence-corrected chi connectivity index (χ4v) is 5.19. The van der Waals surface area contributed by atoms with Crippen molar-refractivity contribution in [2.24, 2.45) is 0 Å². The molecule has 1 saturated heterocycles. The van der Waals surface area contributed by atoms with Crippen LogP contribution in [0, 0.1) is 11.6 Å². The number of fused-ring (bicyclic) bond motifs is 1. The average Bonchev–Trinajstić information content (AvgIpc) is 3.03. The maximum atomic E-state index is 14.4. The molecule has 0 unspecified atom stereocenters. The van der Waals surface area contributed by atoms with Gasteiger partial charge >= 0.3 is 0 Å². The number of anilines is 2. The minimum atomic E-state index is -0.656. The van der Waals surface area contributed by atoms with Gasteiger partial charge in [-0.1, -0.05) is 25.1 Å². The van der Waals surface area contributed by atoms with Crippen LogP contribution >= 0.6 is 0 Å². The van der Waals surface area contributed by atoms with Crippen LogP contribution in [0.25, 0.3) is 28.1 Å². The average molecular weight is 601 g/mol. The van der Waals surface area contributed by atoms with Gasteiger partial charge in [-0.05, 0) is 54.9 Å². The van der Waals surface area contributed by atoms with E-state index in [0.717, 1.165) is 45.7 Å². The van der Waals surface area contributed by atoms with E-state index < -0.39 is 17.5 Å². The third kappa shape index (κ3) is 7.61. The summed E-state index contributed by atoms with van der Waals surface area (Å²) in [4.78, 5) is 36.4. The van der Waals surface area contributed by atoms with Crippen molar-refractivity contribution in [2.75, 3.05) is 51.2 Å². The molecule has 0 atom stereocenters. The molecule has 11 heteroatoms. The SMILES string of the molecule is CCN1CCN(CCCOc2cc3ncnc(Nc4cccc(-c5c(F)cccc5F)c4)c3cc2C=CC(=O)NC=O)CC1. The number of nitrogens with zero attached hydrogens (tertiary/aromatic N) is 4. The molecule has 1 aliphatic heterocycles. The lowest BCUT2D eigenvalue weighted by Crippen LogP contribution is -2.46. The van der Waals surface area contributed by atoms with Crippen LogP contribution in [0.1, 0.15) is 18.9 Å². The molecule has 1 fully saturated rings. The number of hydrogen-bond donors (Lipinski definition) is 2. The van der Waals surface area contributed by atoms with Crippen LogP contribution in [0.4, 0.5) is 20.3 Å². The summed E-state index contributed by atoms with van der Waals surface area (Å²) in [7, 11) is 0. The topological polar surface area (TPSA) is 99.7 Å². The lowest BCUT2D eigenvalue weighted by atomic mass is 10.0. The van der Waals surface area contributed by atoms with Crippen molar-refractivity contribution in [1.82, 2.24) is 25.1 Å². The van der Waals surface area contributed by atoms with Crippen LogP contribution in [-0.4, -0.2) is 78.0 Å². The number of piperazine rings is 1. The van der Waals surface area contributed by atoms with Crippen LogP contribution in [0.2, 0.25) is 0 Å². The van der Waals surface area contributed by atoms with Crippen LogP contribution in [0.15, 0.2) is 67.0 Å². The molecule has 0 bridgehead atoms. The molecule has 1 aliphatic rings. The number of nitrogens with one attached hydrogen (secondary N) is 2. The van der Waals surface area contributed by atoms with E-state index in [9.17, 15) is 18.4 Å². The van der Waals surface area contributed by atoms with E-state index in [0.29, 0.717) is 52.3 Å². The second-order valence-corrected chi connectivity index (χ2v) is 10.4. The second kappa shape index (κ2) is 14.6. The highest BCUT2D eigenvalue weighted by Gasteiger charge is 2.16. The van der Waals surface area contributed by atoms with Gasteiger partial charge in [0, 0.05) is 61.5 Å². The Hall–Kier alpha value is -4.74. The molecule has 228 valence electrons. The number of halogens is 2. The van der Waals surface area contributed by atoms with Gasteiger partial charge in [0.15, 0.2) is 0 Å². The highest BCUT2D eigenvalue weighted by molar-refractivity contribution is 5.99. The number of benzene rings is 3. The van der Waals surface area contributed by atoms with E-state index in [1.165, 1.54) is 30.6 Å². The summed E-state index contributed by atoms with van der Waals surface area (Å²) in [6, 6.07) is 14.1. The lowest BCUT2D eigenvalue weighted by molar-refractivity contribution is -0.121. The first-order chi connectivity index (χ1) is 21.4. The number of amides is 2. The Balaban J connectivity index is 1.38. The molecule has 3 aromatic carbocycles. The van der Waals surface area contributed by atoms with Crippen molar-refractivity contribution in [1.29, 1.82) is 0 Å². The Kier molecular flexibility index (Phi) is 10.2. The second-order valence-electron chi connectivity index (χ2n) is 10.4. The standard InChI is InChI=1S/C33H34F2N6O3/c1-2-40-13-15-41(16-14-40)12-5-17-44-30-20-29-26(19-23(30)10-11-31(43)38-22-42)33(37-21-36-29)39-25-7-3-6-24(18-25)32-27(34)8-4-9-28(32)35/h3-4,6-11,18-22H,2,5,12-17H2,1H3,(H,36,37,39)(H,38,42,43). The molecule has 0 aliphatic carbocycles. The van der Waals surface area contributed by atoms with E-state index in [4.69, 9.17) is 4.74 Å². The summed E-state index contributed by atoms with van der Waals surface area (Å²) in [5.41, 5.74) is 2.01. The molecule has 2 amide bonds. The van der Waals surface area contributed by atoms with Crippen molar-refractivity contribution in [3.8, 4) is 16.9 Å². The van der Waals surface area contributed by atoms with Crippen LogP contribution in [0.5, 0.6) is 5.75 Å². The molecule has 9 nitrogen and oxygen atoms in total. The fourth-order valence-electron chi connectivity index (χ4n) is 5.19. The Morgan fingerprint density at radius 3 is 2.50 bits per heavy atom. The molecule has 2 heterocycles. The molecule has 1 aromatic heterocycles. The Labute approximate surface area is 254 Å². The molecule has 2 N–H and O–H groups in total. The van der Waals surface area contributed by atoms with E-state index in [1.807, 2.05) is 0 Å². The first-order valence-corrected chi connectivity index (χ1v) is 14.5. The summed E-state index contributed by atoms with van der Waals surface area (Å²) in [5.74, 6) is -0.902.